The lowest BCUT2D eigenvalue weighted by atomic mass is 9.88. The Morgan fingerprint density at radius 3 is 0.650 bits per heavy atom. The van der Waals surface area contributed by atoms with Gasteiger partial charge in [-0.1, -0.05) is 464 Å². The summed E-state index contributed by atoms with van der Waals surface area (Å²) >= 11 is 0. The van der Waals surface area contributed by atoms with E-state index in [1.54, 1.807) is 0 Å². The fourth-order valence-corrected chi connectivity index (χ4v) is 16.6. The highest BCUT2D eigenvalue weighted by molar-refractivity contribution is 6.16. The van der Waals surface area contributed by atoms with Gasteiger partial charge in [0.15, 0.2) is 0 Å². The summed E-state index contributed by atoms with van der Waals surface area (Å²) in [5.74, 6) is 10.6. The van der Waals surface area contributed by atoms with Crippen LogP contribution in [0.2, 0.25) is 0 Å². The first-order valence-electron chi connectivity index (χ1n) is 46.6. The molecule has 0 spiro atoms. The fraction of sp³-hybridized carbons (Fsp3) is 0.827. The molecule has 578 valence electrons. The average molecular weight is 1380 g/mol. The van der Waals surface area contributed by atoms with Crippen molar-refractivity contribution in [2.45, 2.75) is 523 Å². The first-order valence-corrected chi connectivity index (χ1v) is 46.6. The van der Waals surface area contributed by atoms with Gasteiger partial charge < -0.3 is 5.84 Å². The molecule has 0 bridgehead atoms. The van der Waals surface area contributed by atoms with Crippen molar-refractivity contribution in [3.63, 3.8) is 0 Å². The predicted octanol–water partition coefficient (Wildman–Crippen LogP) is 34.8. The Morgan fingerprint density at radius 1 is 0.220 bits per heavy atom. The number of nitrogens with zero attached hydrogens (tertiary/aromatic N) is 1. The second kappa shape index (κ2) is 69.4. The van der Waals surface area contributed by atoms with Gasteiger partial charge in [-0.2, -0.15) is 0 Å². The summed E-state index contributed by atoms with van der Waals surface area (Å²) in [7, 11) is 0. The molecule has 1 N–H and O–H groups in total. The van der Waals surface area contributed by atoms with Crippen molar-refractivity contribution in [2.75, 3.05) is 0 Å². The summed E-state index contributed by atoms with van der Waals surface area (Å²) in [6.45, 7) is 14.0. The van der Waals surface area contributed by atoms with Gasteiger partial charge in [0.25, 0.3) is 0 Å². The highest BCUT2D eigenvalue weighted by atomic mass is 15.3. The molecule has 1 aliphatic rings. The SMILES string of the molecule is CCCCCC=C1C(CCCC)=C(c2cc(CCCCCCCCCCCCCCCCCC)cc(CCCCCCCCCCCCCCCCCC)c2)[N+]([NH-])=C1c1cc(CCCCCCCCCCCCCCCCCC)cc(CCCCCCCCCCCCCCCCCC)c1. The zero-order valence-electron chi connectivity index (χ0n) is 69.0. The van der Waals surface area contributed by atoms with Crippen LogP contribution in [0.3, 0.4) is 0 Å². The standard InChI is InChI=1S/C98H176N2/c1-7-13-19-24-28-32-36-40-44-48-52-56-60-64-68-72-77-89-83-90(78-73-69-65-61-57-53-49-45-41-37-33-29-25-20-14-8-2)86-93(85-89)97-95(81-18-12-6)96(82-76-23-17-11-5)98(100(97)99)94-87-91(79-74-70-66-62-58-54-50-46-42-38-34-30-26-21-15-9-3)84-92(88-94)80-75-71-67-63-59-55-51-47-43-39-35-31-27-22-16-10-4/h82-88,99H,7-81H2,1-6H3. The average Bonchev–Trinajstić information content (AvgIpc) is 1.60. The van der Waals surface area contributed by atoms with Gasteiger partial charge in [-0.25, -0.2) is 4.68 Å². The van der Waals surface area contributed by atoms with Crippen LogP contribution in [0.15, 0.2) is 53.6 Å². The Balaban J connectivity index is 1.83. The van der Waals surface area contributed by atoms with Crippen LogP contribution in [-0.2, 0) is 25.7 Å². The van der Waals surface area contributed by atoms with E-state index in [4.69, 9.17) is 0 Å². The zero-order chi connectivity index (χ0) is 71.3. The minimum atomic E-state index is 1.05. The van der Waals surface area contributed by atoms with Gasteiger partial charge in [-0.3, -0.25) is 0 Å². The number of benzene rings is 2. The lowest BCUT2D eigenvalue weighted by Crippen LogP contribution is -2.13. The number of allylic oxidation sites excluding steroid dienone is 3. The summed E-state index contributed by atoms with van der Waals surface area (Å²) in [5, 5.41) is 0. The van der Waals surface area contributed by atoms with E-state index >= 15 is 0 Å². The largest absolute Gasteiger partial charge is 0.448 e. The Morgan fingerprint density at radius 2 is 0.420 bits per heavy atom. The lowest BCUT2D eigenvalue weighted by Gasteiger charge is -2.14. The van der Waals surface area contributed by atoms with Gasteiger partial charge in [-0.05, 0) is 124 Å². The van der Waals surface area contributed by atoms with Crippen LogP contribution in [0, 0.1) is 0 Å². The third-order valence-corrected chi connectivity index (χ3v) is 23.2. The van der Waals surface area contributed by atoms with Crippen molar-refractivity contribution in [1.29, 1.82) is 0 Å². The molecule has 1 aliphatic heterocycles. The third kappa shape index (κ3) is 49.2. The lowest BCUT2D eigenvalue weighted by molar-refractivity contribution is -0.347. The van der Waals surface area contributed by atoms with Crippen LogP contribution < -0.4 is 0 Å². The molecule has 0 aromatic heterocycles. The minimum absolute atomic E-state index is 1.05. The molecule has 3 rings (SSSR count). The molecule has 0 saturated heterocycles. The number of hydrogen-bond donors (Lipinski definition) is 0. The highest BCUT2D eigenvalue weighted by Gasteiger charge is 2.36. The smallest absolute Gasteiger partial charge is 0.215 e. The van der Waals surface area contributed by atoms with Crippen LogP contribution in [0.4, 0.5) is 0 Å². The number of hydrogen-bond acceptors (Lipinski definition) is 0. The molecule has 0 unspecified atom stereocenters. The van der Waals surface area contributed by atoms with Gasteiger partial charge >= 0.3 is 0 Å². The van der Waals surface area contributed by atoms with Crippen molar-refractivity contribution in [1.82, 2.24) is 0 Å². The molecule has 2 aromatic rings. The molecule has 0 aliphatic carbocycles. The molecule has 2 aromatic carbocycles. The molecule has 1 heterocycles. The predicted molar refractivity (Wildman–Crippen MR) is 453 cm³/mol. The molecular weight excluding hydrogens is 1210 g/mol. The zero-order valence-corrected chi connectivity index (χ0v) is 69.0. The highest BCUT2D eigenvalue weighted by Crippen LogP contribution is 2.40. The summed E-state index contributed by atoms with van der Waals surface area (Å²) < 4.78 is 2.01. The summed E-state index contributed by atoms with van der Waals surface area (Å²) in [5.41, 5.74) is 14.0. The summed E-state index contributed by atoms with van der Waals surface area (Å²) in [6.07, 6.45) is 106. The quantitative estimate of drug-likeness (QED) is 0.0466. The van der Waals surface area contributed by atoms with Crippen molar-refractivity contribution < 1.29 is 4.68 Å². The number of nitrogens with one attached hydrogen (secondary N) is 1. The molecule has 2 nitrogen and oxygen atoms in total. The van der Waals surface area contributed by atoms with Crippen molar-refractivity contribution in [3.05, 3.63) is 92.8 Å². The Hall–Kier alpha value is -2.61. The number of aryl methyl sites for hydroxylation is 4. The molecule has 0 saturated carbocycles. The van der Waals surface area contributed by atoms with Crippen molar-refractivity contribution >= 4 is 11.4 Å². The topological polar surface area (TPSA) is 26.8 Å². The molecule has 0 fully saturated rings. The van der Waals surface area contributed by atoms with E-state index in [1.807, 2.05) is 4.68 Å². The second-order valence-electron chi connectivity index (χ2n) is 33.0. The maximum Gasteiger partial charge on any atom is 0.215 e. The molecule has 0 radical (unpaired) electrons. The Kier molecular flexibility index (Phi) is 63.6. The van der Waals surface area contributed by atoms with Crippen LogP contribution in [-0.4, -0.2) is 10.4 Å². The third-order valence-electron chi connectivity index (χ3n) is 23.2. The van der Waals surface area contributed by atoms with Crippen LogP contribution >= 0.6 is 0 Å². The number of rotatable bonds is 77. The molecule has 2 heteroatoms. The second-order valence-corrected chi connectivity index (χ2v) is 33.0. The van der Waals surface area contributed by atoms with E-state index in [2.05, 4.69) is 84.0 Å². The van der Waals surface area contributed by atoms with Gasteiger partial charge in [0, 0.05) is 16.7 Å². The molecular formula is C98H176N2. The first kappa shape index (κ1) is 91.6. The van der Waals surface area contributed by atoms with Crippen molar-refractivity contribution in [2.24, 2.45) is 0 Å². The van der Waals surface area contributed by atoms with E-state index in [9.17, 15) is 5.84 Å². The van der Waals surface area contributed by atoms with Crippen LogP contribution in [0.5, 0.6) is 0 Å². The van der Waals surface area contributed by atoms with Gasteiger partial charge in [0.2, 0.25) is 11.4 Å². The monoisotopic (exact) mass is 1380 g/mol. The minimum Gasteiger partial charge on any atom is -0.448 e. The van der Waals surface area contributed by atoms with E-state index in [0.29, 0.717) is 0 Å². The molecule has 100 heavy (non-hydrogen) atoms. The van der Waals surface area contributed by atoms with E-state index < -0.39 is 0 Å². The fourth-order valence-electron chi connectivity index (χ4n) is 16.6. The van der Waals surface area contributed by atoms with Gasteiger partial charge in [-0.15, -0.1) is 0 Å². The maximum atomic E-state index is 10.6. The summed E-state index contributed by atoms with van der Waals surface area (Å²) in [4.78, 5) is 0. The van der Waals surface area contributed by atoms with Crippen molar-refractivity contribution in [3.8, 4) is 0 Å². The Bertz CT molecular complexity index is 2090. The van der Waals surface area contributed by atoms with Crippen LogP contribution in [0.1, 0.15) is 531 Å². The van der Waals surface area contributed by atoms with E-state index in [-0.39, 0.29) is 0 Å². The molecule has 0 amide bonds. The van der Waals surface area contributed by atoms with Crippen LogP contribution in [0.25, 0.3) is 11.5 Å². The van der Waals surface area contributed by atoms with Gasteiger partial charge in [0.05, 0.1) is 5.57 Å². The molecule has 0 atom stereocenters. The Labute approximate surface area is 628 Å². The normalized spacial score (nSPS) is 13.1. The summed E-state index contributed by atoms with van der Waals surface area (Å²) in [6, 6.07) is 15.6. The van der Waals surface area contributed by atoms with Gasteiger partial charge in [0.1, 0.15) is 0 Å². The van der Waals surface area contributed by atoms with E-state index in [0.717, 1.165) is 38.5 Å². The number of unbranched alkanes of at least 4 members (excludes halogenated alkanes) is 64. The first-order chi connectivity index (χ1) is 49.5. The van der Waals surface area contributed by atoms with E-state index in [1.165, 1.54) is 499 Å². The maximum absolute atomic E-state index is 10.6.